The average molecular weight is 164 g/mol. The maximum atomic E-state index is 9.18. The molecule has 0 saturated heterocycles. The second-order valence-electron chi connectivity index (χ2n) is 2.21. The monoisotopic (exact) mass is 164 g/mol. The molecule has 12 heavy (non-hydrogen) atoms. The van der Waals surface area contributed by atoms with Crippen molar-refractivity contribution in [3.63, 3.8) is 0 Å². The molecule has 1 aromatic carbocycles. The van der Waals surface area contributed by atoms with Crippen LogP contribution in [0, 0.1) is 0 Å². The van der Waals surface area contributed by atoms with Crippen LogP contribution in [-0.4, -0.2) is 17.2 Å². The molecular formula is C8H9BO3. The SMILES string of the molecule is C=CB(O)Oc1ccccc1O. The highest BCUT2D eigenvalue weighted by Crippen LogP contribution is 2.24. The van der Waals surface area contributed by atoms with E-state index in [0.717, 1.165) is 0 Å². The van der Waals surface area contributed by atoms with E-state index in [9.17, 15) is 5.11 Å². The highest BCUT2D eigenvalue weighted by Gasteiger charge is 2.10. The van der Waals surface area contributed by atoms with Crippen molar-refractivity contribution in [2.45, 2.75) is 0 Å². The summed E-state index contributed by atoms with van der Waals surface area (Å²) in [6, 6.07) is 6.40. The second-order valence-corrected chi connectivity index (χ2v) is 2.21. The molecule has 0 heterocycles. The quantitative estimate of drug-likeness (QED) is 0.654. The third kappa shape index (κ3) is 2.03. The van der Waals surface area contributed by atoms with Crippen molar-refractivity contribution >= 4 is 7.12 Å². The van der Waals surface area contributed by atoms with Gasteiger partial charge in [-0.25, -0.2) is 0 Å². The fraction of sp³-hybridized carbons (Fsp3) is 0. The molecule has 0 aromatic heterocycles. The first-order chi connectivity index (χ1) is 5.74. The summed E-state index contributed by atoms with van der Waals surface area (Å²) < 4.78 is 4.88. The van der Waals surface area contributed by atoms with E-state index in [1.807, 2.05) is 0 Å². The van der Waals surface area contributed by atoms with Gasteiger partial charge in [-0.15, -0.1) is 6.58 Å². The molecule has 62 valence electrons. The molecule has 0 bridgehead atoms. The fourth-order valence-electron chi connectivity index (χ4n) is 0.735. The van der Waals surface area contributed by atoms with Crippen LogP contribution in [0.4, 0.5) is 0 Å². The van der Waals surface area contributed by atoms with E-state index >= 15 is 0 Å². The number of hydrogen-bond acceptors (Lipinski definition) is 3. The smallest absolute Gasteiger partial charge is 0.530 e. The molecule has 3 nitrogen and oxygen atoms in total. The lowest BCUT2D eigenvalue weighted by Crippen LogP contribution is -2.18. The fourth-order valence-corrected chi connectivity index (χ4v) is 0.735. The van der Waals surface area contributed by atoms with Gasteiger partial charge < -0.3 is 14.8 Å². The van der Waals surface area contributed by atoms with Gasteiger partial charge in [0.1, 0.15) is 5.75 Å². The topological polar surface area (TPSA) is 49.7 Å². The number of phenolic OH excluding ortho intramolecular Hbond substituents is 1. The van der Waals surface area contributed by atoms with Crippen molar-refractivity contribution < 1.29 is 14.8 Å². The number of benzene rings is 1. The van der Waals surface area contributed by atoms with Gasteiger partial charge in [-0.2, -0.15) is 0 Å². The Bertz CT molecular complexity index is 275. The summed E-state index contributed by atoms with van der Waals surface area (Å²) in [5.41, 5.74) is 0. The van der Waals surface area contributed by atoms with Gasteiger partial charge in [0, 0.05) is 0 Å². The van der Waals surface area contributed by atoms with Gasteiger partial charge in [-0.3, -0.25) is 0 Å². The van der Waals surface area contributed by atoms with Crippen molar-refractivity contribution in [1.82, 2.24) is 0 Å². The van der Waals surface area contributed by atoms with Crippen molar-refractivity contribution in [1.29, 1.82) is 0 Å². The molecular weight excluding hydrogens is 155 g/mol. The average Bonchev–Trinajstić information content (AvgIpc) is 2.09. The maximum absolute atomic E-state index is 9.18. The predicted molar refractivity (Wildman–Crippen MR) is 46.9 cm³/mol. The zero-order chi connectivity index (χ0) is 8.97. The molecule has 0 aliphatic rings. The zero-order valence-electron chi connectivity index (χ0n) is 6.47. The van der Waals surface area contributed by atoms with Gasteiger partial charge in [-0.1, -0.05) is 12.1 Å². The Hall–Kier alpha value is -1.42. The lowest BCUT2D eigenvalue weighted by Gasteiger charge is -2.07. The van der Waals surface area contributed by atoms with E-state index < -0.39 is 7.12 Å². The van der Waals surface area contributed by atoms with E-state index in [-0.39, 0.29) is 11.5 Å². The van der Waals surface area contributed by atoms with E-state index in [4.69, 9.17) is 9.68 Å². The van der Waals surface area contributed by atoms with Crippen LogP contribution < -0.4 is 4.65 Å². The van der Waals surface area contributed by atoms with Crippen LogP contribution in [0.3, 0.4) is 0 Å². The van der Waals surface area contributed by atoms with Gasteiger partial charge in [0.15, 0.2) is 5.75 Å². The zero-order valence-corrected chi connectivity index (χ0v) is 6.47. The number of hydrogen-bond donors (Lipinski definition) is 2. The van der Waals surface area contributed by atoms with Crippen molar-refractivity contribution in [3.8, 4) is 11.5 Å². The maximum Gasteiger partial charge on any atom is 0.551 e. The first kappa shape index (κ1) is 8.68. The second kappa shape index (κ2) is 3.83. The third-order valence-electron chi connectivity index (χ3n) is 1.31. The first-order valence-corrected chi connectivity index (χ1v) is 3.49. The van der Waals surface area contributed by atoms with Crippen LogP contribution in [-0.2, 0) is 0 Å². The van der Waals surface area contributed by atoms with Crippen LogP contribution in [0.5, 0.6) is 11.5 Å². The number of para-hydroxylation sites is 2. The third-order valence-corrected chi connectivity index (χ3v) is 1.31. The Balaban J connectivity index is 2.75. The minimum Gasteiger partial charge on any atom is -0.530 e. The predicted octanol–water partition coefficient (Wildman–Crippen LogP) is 0.977. The van der Waals surface area contributed by atoms with E-state index in [2.05, 4.69) is 6.58 Å². The summed E-state index contributed by atoms with van der Waals surface area (Å²) in [5, 5.41) is 18.2. The van der Waals surface area contributed by atoms with Gasteiger partial charge >= 0.3 is 7.12 Å². The molecule has 0 spiro atoms. The first-order valence-electron chi connectivity index (χ1n) is 3.49. The number of rotatable bonds is 3. The Labute approximate surface area is 71.1 Å². The highest BCUT2D eigenvalue weighted by molar-refractivity contribution is 6.49. The van der Waals surface area contributed by atoms with Crippen LogP contribution in [0.2, 0.25) is 0 Å². The lowest BCUT2D eigenvalue weighted by molar-refractivity contribution is 0.397. The Kier molecular flexibility index (Phi) is 2.77. The van der Waals surface area contributed by atoms with Gasteiger partial charge in [0.25, 0.3) is 0 Å². The van der Waals surface area contributed by atoms with Crippen molar-refractivity contribution in [2.24, 2.45) is 0 Å². The molecule has 0 atom stereocenters. The molecule has 0 fully saturated rings. The van der Waals surface area contributed by atoms with Crippen molar-refractivity contribution in [2.75, 3.05) is 0 Å². The summed E-state index contributed by atoms with van der Waals surface area (Å²) in [6.45, 7) is 3.33. The minimum atomic E-state index is -1.08. The van der Waals surface area contributed by atoms with Gasteiger partial charge in [0.05, 0.1) is 0 Å². The van der Waals surface area contributed by atoms with Crippen LogP contribution in [0.1, 0.15) is 0 Å². The van der Waals surface area contributed by atoms with Crippen molar-refractivity contribution in [3.05, 3.63) is 36.8 Å². The van der Waals surface area contributed by atoms with E-state index in [0.29, 0.717) is 0 Å². The standard InChI is InChI=1S/C8H9BO3/c1-2-9(11)12-8-6-4-3-5-7(8)10/h2-6,10-11H,1H2. The minimum absolute atomic E-state index is 0.00148. The Morgan fingerprint density at radius 1 is 1.42 bits per heavy atom. The molecule has 0 aliphatic carbocycles. The largest absolute Gasteiger partial charge is 0.551 e. The molecule has 0 amide bonds. The number of phenols is 1. The van der Waals surface area contributed by atoms with Crippen LogP contribution in [0.25, 0.3) is 0 Å². The molecule has 1 rings (SSSR count). The molecule has 2 N–H and O–H groups in total. The Morgan fingerprint density at radius 2 is 2.08 bits per heavy atom. The van der Waals surface area contributed by atoms with Crippen LogP contribution in [0.15, 0.2) is 36.8 Å². The van der Waals surface area contributed by atoms with Gasteiger partial charge in [0.2, 0.25) is 0 Å². The summed E-state index contributed by atoms with van der Waals surface area (Å²) in [6.07, 6.45) is 0. The highest BCUT2D eigenvalue weighted by atomic mass is 16.5. The van der Waals surface area contributed by atoms with E-state index in [1.165, 1.54) is 12.0 Å². The summed E-state index contributed by atoms with van der Waals surface area (Å²) in [7, 11) is -1.08. The molecule has 4 heteroatoms. The molecule has 0 unspecified atom stereocenters. The molecule has 0 radical (unpaired) electrons. The molecule has 0 saturated carbocycles. The van der Waals surface area contributed by atoms with E-state index in [1.54, 1.807) is 18.2 Å². The molecule has 1 aromatic rings. The normalized spacial score (nSPS) is 9.08. The van der Waals surface area contributed by atoms with Gasteiger partial charge in [-0.05, 0) is 18.1 Å². The Morgan fingerprint density at radius 3 is 2.67 bits per heavy atom. The lowest BCUT2D eigenvalue weighted by atomic mass is 9.92. The summed E-state index contributed by atoms with van der Waals surface area (Å²) in [5.74, 6) is 1.47. The number of aromatic hydroxyl groups is 1. The molecule has 0 aliphatic heterocycles. The summed E-state index contributed by atoms with van der Waals surface area (Å²) >= 11 is 0. The summed E-state index contributed by atoms with van der Waals surface area (Å²) in [4.78, 5) is 0. The van der Waals surface area contributed by atoms with Crippen LogP contribution >= 0.6 is 0 Å².